The third-order valence-corrected chi connectivity index (χ3v) is 3.26. The van der Waals surface area contributed by atoms with Crippen LogP contribution in [-0.2, 0) is 9.53 Å². The summed E-state index contributed by atoms with van der Waals surface area (Å²) in [5.74, 6) is -0.855. The van der Waals surface area contributed by atoms with Gasteiger partial charge < -0.3 is 14.7 Å². The molecular formula is C13H23NO4. The number of carbonyl (C=O) groups excluding carboxylic acids is 1. The lowest BCUT2D eigenvalue weighted by Crippen LogP contribution is -2.41. The summed E-state index contributed by atoms with van der Waals surface area (Å²) >= 11 is 0. The number of ether oxygens (including phenoxy) is 1. The van der Waals surface area contributed by atoms with Gasteiger partial charge in [-0.25, -0.2) is 4.79 Å². The van der Waals surface area contributed by atoms with Crippen molar-refractivity contribution in [3.05, 3.63) is 0 Å². The fourth-order valence-electron chi connectivity index (χ4n) is 2.25. The molecule has 5 nitrogen and oxygen atoms in total. The first-order valence-corrected chi connectivity index (χ1v) is 6.32. The van der Waals surface area contributed by atoms with Gasteiger partial charge in [-0.2, -0.15) is 0 Å². The van der Waals surface area contributed by atoms with Crippen LogP contribution < -0.4 is 0 Å². The Hall–Kier alpha value is -1.26. The molecule has 5 heteroatoms. The molecule has 0 radical (unpaired) electrons. The first kappa shape index (κ1) is 14.8. The molecule has 0 bridgehead atoms. The number of amides is 1. The summed E-state index contributed by atoms with van der Waals surface area (Å²) in [5, 5.41) is 9.24. The predicted octanol–water partition coefficient (Wildman–Crippen LogP) is 2.50. The molecule has 0 spiro atoms. The van der Waals surface area contributed by atoms with E-state index in [0.29, 0.717) is 6.42 Å². The Balaban J connectivity index is 2.82. The van der Waals surface area contributed by atoms with Crippen LogP contribution in [0.5, 0.6) is 0 Å². The minimum Gasteiger partial charge on any atom is -0.481 e. The van der Waals surface area contributed by atoms with Gasteiger partial charge in [0.15, 0.2) is 0 Å². The van der Waals surface area contributed by atoms with Crippen LogP contribution in [0.25, 0.3) is 0 Å². The minimum atomic E-state index is -0.864. The highest BCUT2D eigenvalue weighted by Crippen LogP contribution is 2.36. The molecule has 1 unspecified atom stereocenters. The standard InChI is InChI=1S/C13H23NO4/c1-6-9-7-13(5,10(15)16)8-14(9)11(17)18-12(2,3)4/h9H,6-8H2,1-5H3,(H,15,16)/t9-,13?/m1/s1. The molecule has 1 aliphatic rings. The zero-order chi connectivity index (χ0) is 14.1. The maximum absolute atomic E-state index is 12.1. The smallest absolute Gasteiger partial charge is 0.410 e. The fourth-order valence-corrected chi connectivity index (χ4v) is 2.25. The van der Waals surface area contributed by atoms with E-state index in [1.165, 1.54) is 0 Å². The summed E-state index contributed by atoms with van der Waals surface area (Å²) in [6, 6.07) is -0.0547. The number of hydrogen-bond donors (Lipinski definition) is 1. The van der Waals surface area contributed by atoms with Crippen LogP contribution in [0.15, 0.2) is 0 Å². The van der Waals surface area contributed by atoms with Crippen LogP contribution >= 0.6 is 0 Å². The van der Waals surface area contributed by atoms with E-state index in [0.717, 1.165) is 6.42 Å². The highest BCUT2D eigenvalue weighted by Gasteiger charge is 2.48. The number of hydrogen-bond acceptors (Lipinski definition) is 3. The maximum atomic E-state index is 12.1. The van der Waals surface area contributed by atoms with Gasteiger partial charge in [0.25, 0.3) is 0 Å². The van der Waals surface area contributed by atoms with Crippen molar-refractivity contribution in [1.29, 1.82) is 0 Å². The van der Waals surface area contributed by atoms with Crippen molar-refractivity contribution in [3.63, 3.8) is 0 Å². The van der Waals surface area contributed by atoms with E-state index in [9.17, 15) is 14.7 Å². The Morgan fingerprint density at radius 3 is 2.39 bits per heavy atom. The zero-order valence-electron chi connectivity index (χ0n) is 11.8. The Bertz CT molecular complexity index is 347. The van der Waals surface area contributed by atoms with E-state index in [1.807, 2.05) is 6.92 Å². The van der Waals surface area contributed by atoms with Crippen molar-refractivity contribution in [2.24, 2.45) is 5.41 Å². The van der Waals surface area contributed by atoms with Gasteiger partial charge in [0.05, 0.1) is 5.41 Å². The van der Waals surface area contributed by atoms with E-state index in [2.05, 4.69) is 0 Å². The van der Waals surface area contributed by atoms with Crippen molar-refractivity contribution in [1.82, 2.24) is 4.90 Å². The molecule has 1 N–H and O–H groups in total. The number of carbonyl (C=O) groups is 2. The molecule has 1 fully saturated rings. The van der Waals surface area contributed by atoms with E-state index in [1.54, 1.807) is 32.6 Å². The number of rotatable bonds is 2. The van der Waals surface area contributed by atoms with Crippen LogP contribution in [0.3, 0.4) is 0 Å². The molecule has 0 saturated carbocycles. The maximum Gasteiger partial charge on any atom is 0.410 e. The van der Waals surface area contributed by atoms with Gasteiger partial charge in [-0.1, -0.05) is 6.92 Å². The molecule has 0 aromatic carbocycles. The second-order valence-corrected chi connectivity index (χ2v) is 6.24. The summed E-state index contributed by atoms with van der Waals surface area (Å²) in [6.45, 7) is 9.27. The molecule has 1 saturated heterocycles. The average molecular weight is 257 g/mol. The van der Waals surface area contributed by atoms with E-state index in [-0.39, 0.29) is 12.6 Å². The Labute approximate surface area is 108 Å². The molecule has 0 aromatic heterocycles. The van der Waals surface area contributed by atoms with E-state index in [4.69, 9.17) is 4.74 Å². The molecular weight excluding hydrogens is 234 g/mol. The molecule has 1 aliphatic heterocycles. The summed E-state index contributed by atoms with van der Waals surface area (Å²) in [6.07, 6.45) is 0.805. The second-order valence-electron chi connectivity index (χ2n) is 6.24. The SMILES string of the molecule is CC[C@@H]1CC(C)(C(=O)O)CN1C(=O)OC(C)(C)C. The van der Waals surface area contributed by atoms with Crippen LogP contribution in [0.2, 0.25) is 0 Å². The fraction of sp³-hybridized carbons (Fsp3) is 0.846. The third kappa shape index (κ3) is 3.15. The zero-order valence-corrected chi connectivity index (χ0v) is 11.8. The van der Waals surface area contributed by atoms with Gasteiger partial charge in [-0.3, -0.25) is 4.79 Å². The number of carboxylic acid groups (broad SMARTS) is 1. The monoisotopic (exact) mass is 257 g/mol. The summed E-state index contributed by atoms with van der Waals surface area (Å²) < 4.78 is 5.32. The molecule has 0 aliphatic carbocycles. The summed E-state index contributed by atoms with van der Waals surface area (Å²) in [4.78, 5) is 24.9. The number of nitrogens with zero attached hydrogens (tertiary/aromatic N) is 1. The number of aliphatic carboxylic acids is 1. The third-order valence-electron chi connectivity index (χ3n) is 3.26. The quantitative estimate of drug-likeness (QED) is 0.825. The molecule has 1 rings (SSSR count). The van der Waals surface area contributed by atoms with Crippen molar-refractivity contribution in [2.75, 3.05) is 6.54 Å². The van der Waals surface area contributed by atoms with Crippen molar-refractivity contribution in [3.8, 4) is 0 Å². The molecule has 0 aromatic rings. The summed E-state index contributed by atoms with van der Waals surface area (Å²) in [7, 11) is 0. The minimum absolute atomic E-state index is 0.0547. The normalized spacial score (nSPS) is 28.3. The van der Waals surface area contributed by atoms with Crippen molar-refractivity contribution >= 4 is 12.1 Å². The number of likely N-dealkylation sites (tertiary alicyclic amines) is 1. The topological polar surface area (TPSA) is 66.8 Å². The predicted molar refractivity (Wildman–Crippen MR) is 67.4 cm³/mol. The van der Waals surface area contributed by atoms with Gasteiger partial charge >= 0.3 is 12.1 Å². The van der Waals surface area contributed by atoms with Gasteiger partial charge in [-0.05, 0) is 40.5 Å². The van der Waals surface area contributed by atoms with Crippen LogP contribution in [0, 0.1) is 5.41 Å². The highest BCUT2D eigenvalue weighted by molar-refractivity contribution is 5.77. The van der Waals surface area contributed by atoms with E-state index >= 15 is 0 Å². The van der Waals surface area contributed by atoms with Crippen molar-refractivity contribution < 1.29 is 19.4 Å². The molecule has 18 heavy (non-hydrogen) atoms. The lowest BCUT2D eigenvalue weighted by Gasteiger charge is -2.28. The van der Waals surface area contributed by atoms with Gasteiger partial charge in [0.2, 0.25) is 0 Å². The average Bonchev–Trinajstić information content (AvgIpc) is 2.55. The largest absolute Gasteiger partial charge is 0.481 e. The first-order valence-electron chi connectivity index (χ1n) is 6.32. The molecule has 2 atom stereocenters. The first-order chi connectivity index (χ1) is 8.09. The Morgan fingerprint density at radius 2 is 2.00 bits per heavy atom. The number of carboxylic acids is 1. The van der Waals surface area contributed by atoms with Crippen molar-refractivity contribution in [2.45, 2.75) is 59.1 Å². The molecule has 1 heterocycles. The molecule has 1 amide bonds. The lowest BCUT2D eigenvalue weighted by atomic mass is 9.88. The van der Waals surface area contributed by atoms with Gasteiger partial charge in [0.1, 0.15) is 5.60 Å². The van der Waals surface area contributed by atoms with Gasteiger partial charge in [0, 0.05) is 12.6 Å². The highest BCUT2D eigenvalue weighted by atomic mass is 16.6. The van der Waals surface area contributed by atoms with Crippen LogP contribution in [-0.4, -0.2) is 40.3 Å². The summed E-state index contributed by atoms with van der Waals surface area (Å²) in [5.41, 5.74) is -1.42. The van der Waals surface area contributed by atoms with Crippen LogP contribution in [0.4, 0.5) is 4.79 Å². The van der Waals surface area contributed by atoms with E-state index < -0.39 is 23.1 Å². The molecule has 104 valence electrons. The lowest BCUT2D eigenvalue weighted by molar-refractivity contribution is -0.147. The Kier molecular flexibility index (Phi) is 3.93. The van der Waals surface area contributed by atoms with Gasteiger partial charge in [-0.15, -0.1) is 0 Å². The Morgan fingerprint density at radius 1 is 1.44 bits per heavy atom. The second kappa shape index (κ2) is 4.78. The van der Waals surface area contributed by atoms with Crippen LogP contribution in [0.1, 0.15) is 47.5 Å².